The highest BCUT2D eigenvalue weighted by atomic mass is 16.5. The van der Waals surface area contributed by atoms with Crippen LogP contribution in [-0.2, 0) is 0 Å². The first-order valence-electron chi connectivity index (χ1n) is 4.52. The first kappa shape index (κ1) is 8.29. The van der Waals surface area contributed by atoms with Crippen LogP contribution in [0, 0.1) is 0 Å². The maximum atomic E-state index is 4.97. The number of nitrogens with zero attached hydrogens (tertiary/aromatic N) is 3. The molecule has 4 heteroatoms. The van der Waals surface area contributed by atoms with Crippen LogP contribution >= 0.6 is 0 Å². The van der Waals surface area contributed by atoms with Gasteiger partial charge in [0.15, 0.2) is 0 Å². The molecule has 0 radical (unpaired) electrons. The molecule has 1 saturated heterocycles. The van der Waals surface area contributed by atoms with Gasteiger partial charge < -0.3 is 9.64 Å². The molecule has 70 valence electrons. The molecule has 2 heterocycles. The van der Waals surface area contributed by atoms with Crippen LogP contribution < -0.4 is 9.64 Å². The molecule has 1 aromatic heterocycles. The zero-order chi connectivity index (χ0) is 9.10. The van der Waals surface area contributed by atoms with Crippen LogP contribution in [0.2, 0.25) is 0 Å². The molecule has 13 heavy (non-hydrogen) atoms. The predicted octanol–water partition coefficient (Wildman–Crippen LogP) is 1.09. The lowest BCUT2D eigenvalue weighted by Crippen LogP contribution is -2.19. The van der Waals surface area contributed by atoms with E-state index in [1.54, 1.807) is 13.3 Å². The van der Waals surface area contributed by atoms with E-state index in [1.165, 1.54) is 12.8 Å². The van der Waals surface area contributed by atoms with Gasteiger partial charge in [-0.2, -0.15) is 4.98 Å². The topological polar surface area (TPSA) is 38.2 Å². The molecule has 0 aromatic carbocycles. The van der Waals surface area contributed by atoms with Crippen molar-refractivity contribution in [2.45, 2.75) is 12.8 Å². The van der Waals surface area contributed by atoms with Gasteiger partial charge in [-0.05, 0) is 18.9 Å². The Labute approximate surface area is 77.6 Å². The molecule has 0 aliphatic carbocycles. The summed E-state index contributed by atoms with van der Waals surface area (Å²) in [5, 5.41) is 0. The van der Waals surface area contributed by atoms with E-state index in [0.717, 1.165) is 18.9 Å². The molecule has 2 rings (SSSR count). The first-order chi connectivity index (χ1) is 6.40. The molecule has 1 aromatic rings. The fourth-order valence-electron chi connectivity index (χ4n) is 1.55. The Hall–Kier alpha value is -1.32. The number of anilines is 1. The van der Waals surface area contributed by atoms with E-state index < -0.39 is 0 Å². The minimum Gasteiger partial charge on any atom is -0.467 e. The van der Waals surface area contributed by atoms with Crippen molar-refractivity contribution in [3.8, 4) is 6.01 Å². The summed E-state index contributed by atoms with van der Waals surface area (Å²) in [6, 6.07) is 2.37. The first-order valence-corrected chi connectivity index (χ1v) is 4.52. The van der Waals surface area contributed by atoms with Gasteiger partial charge in [-0.1, -0.05) is 0 Å². The van der Waals surface area contributed by atoms with Crippen LogP contribution in [0.3, 0.4) is 0 Å². The van der Waals surface area contributed by atoms with E-state index in [-0.39, 0.29) is 0 Å². The summed E-state index contributed by atoms with van der Waals surface area (Å²) in [6.45, 7) is 2.19. The van der Waals surface area contributed by atoms with Gasteiger partial charge in [0.05, 0.1) is 7.11 Å². The third-order valence-corrected chi connectivity index (χ3v) is 2.23. The fraction of sp³-hybridized carbons (Fsp3) is 0.556. The van der Waals surface area contributed by atoms with Crippen molar-refractivity contribution >= 4 is 5.82 Å². The lowest BCUT2D eigenvalue weighted by atomic mass is 10.4. The van der Waals surface area contributed by atoms with Gasteiger partial charge in [-0.15, -0.1) is 0 Å². The Balaban J connectivity index is 2.18. The zero-order valence-electron chi connectivity index (χ0n) is 7.73. The molecular formula is C9H13N3O. The third-order valence-electron chi connectivity index (χ3n) is 2.23. The fourth-order valence-corrected chi connectivity index (χ4v) is 1.55. The largest absolute Gasteiger partial charge is 0.467 e. The number of hydrogen-bond acceptors (Lipinski definition) is 4. The van der Waals surface area contributed by atoms with E-state index in [1.807, 2.05) is 6.07 Å². The lowest BCUT2D eigenvalue weighted by Gasteiger charge is -2.15. The Kier molecular flexibility index (Phi) is 2.29. The molecule has 1 aliphatic heterocycles. The van der Waals surface area contributed by atoms with Crippen LogP contribution in [0.4, 0.5) is 5.82 Å². The summed E-state index contributed by atoms with van der Waals surface area (Å²) < 4.78 is 4.97. The van der Waals surface area contributed by atoms with Crippen LogP contribution in [0.25, 0.3) is 0 Å². The highest BCUT2D eigenvalue weighted by Gasteiger charge is 2.13. The number of rotatable bonds is 2. The maximum Gasteiger partial charge on any atom is 0.318 e. The standard InChI is InChI=1S/C9H13N3O/c1-13-9-10-5-4-8(11-9)12-6-2-3-7-12/h4-5H,2-3,6-7H2,1H3. The van der Waals surface area contributed by atoms with Crippen molar-refractivity contribution in [1.29, 1.82) is 0 Å². The van der Waals surface area contributed by atoms with E-state index in [9.17, 15) is 0 Å². The van der Waals surface area contributed by atoms with E-state index in [0.29, 0.717) is 6.01 Å². The molecule has 0 bridgehead atoms. The molecule has 1 fully saturated rings. The molecule has 0 N–H and O–H groups in total. The number of methoxy groups -OCH3 is 1. The van der Waals surface area contributed by atoms with Crippen LogP contribution in [0.5, 0.6) is 6.01 Å². The smallest absolute Gasteiger partial charge is 0.318 e. The van der Waals surface area contributed by atoms with Gasteiger partial charge in [-0.3, -0.25) is 0 Å². The molecule has 0 unspecified atom stereocenters. The molecule has 1 aliphatic rings. The maximum absolute atomic E-state index is 4.97. The molecule has 0 saturated carbocycles. The number of aromatic nitrogens is 2. The molecule has 0 spiro atoms. The molecular weight excluding hydrogens is 166 g/mol. The average molecular weight is 179 g/mol. The highest BCUT2D eigenvalue weighted by Crippen LogP contribution is 2.18. The molecule has 0 atom stereocenters. The van der Waals surface area contributed by atoms with Crippen LogP contribution in [0.15, 0.2) is 12.3 Å². The second-order valence-corrected chi connectivity index (χ2v) is 3.10. The second-order valence-electron chi connectivity index (χ2n) is 3.10. The summed E-state index contributed by atoms with van der Waals surface area (Å²) >= 11 is 0. The lowest BCUT2D eigenvalue weighted by molar-refractivity contribution is 0.380. The Bertz CT molecular complexity index is 284. The average Bonchev–Trinajstić information content (AvgIpc) is 2.71. The van der Waals surface area contributed by atoms with Crippen LogP contribution in [0.1, 0.15) is 12.8 Å². The van der Waals surface area contributed by atoms with Crippen molar-refractivity contribution in [1.82, 2.24) is 9.97 Å². The van der Waals surface area contributed by atoms with Crippen LogP contribution in [-0.4, -0.2) is 30.2 Å². The third kappa shape index (κ3) is 1.71. The number of hydrogen-bond donors (Lipinski definition) is 0. The molecule has 4 nitrogen and oxygen atoms in total. The minimum absolute atomic E-state index is 0.449. The van der Waals surface area contributed by atoms with E-state index in [2.05, 4.69) is 14.9 Å². The van der Waals surface area contributed by atoms with E-state index in [4.69, 9.17) is 4.74 Å². The van der Waals surface area contributed by atoms with Gasteiger partial charge in [0.2, 0.25) is 0 Å². The van der Waals surface area contributed by atoms with Gasteiger partial charge in [0.25, 0.3) is 0 Å². The van der Waals surface area contributed by atoms with Crippen molar-refractivity contribution in [2.24, 2.45) is 0 Å². The Morgan fingerprint density at radius 1 is 1.38 bits per heavy atom. The number of ether oxygens (including phenoxy) is 1. The summed E-state index contributed by atoms with van der Waals surface area (Å²) in [5.74, 6) is 0.976. The monoisotopic (exact) mass is 179 g/mol. The summed E-state index contributed by atoms with van der Waals surface area (Å²) in [7, 11) is 1.59. The van der Waals surface area contributed by atoms with Gasteiger partial charge in [-0.25, -0.2) is 4.98 Å². The van der Waals surface area contributed by atoms with Gasteiger partial charge >= 0.3 is 6.01 Å². The quantitative estimate of drug-likeness (QED) is 0.681. The Morgan fingerprint density at radius 3 is 2.85 bits per heavy atom. The van der Waals surface area contributed by atoms with Crippen molar-refractivity contribution in [3.63, 3.8) is 0 Å². The second kappa shape index (κ2) is 3.60. The SMILES string of the molecule is COc1nccc(N2CCCC2)n1. The van der Waals surface area contributed by atoms with Crippen molar-refractivity contribution in [2.75, 3.05) is 25.1 Å². The summed E-state index contributed by atoms with van der Waals surface area (Å²) in [4.78, 5) is 10.5. The normalized spacial score (nSPS) is 16.2. The molecule has 0 amide bonds. The predicted molar refractivity (Wildman–Crippen MR) is 50.0 cm³/mol. The van der Waals surface area contributed by atoms with Crippen molar-refractivity contribution in [3.05, 3.63) is 12.3 Å². The highest BCUT2D eigenvalue weighted by molar-refractivity contribution is 5.39. The van der Waals surface area contributed by atoms with Gasteiger partial charge in [0, 0.05) is 19.3 Å². The van der Waals surface area contributed by atoms with E-state index >= 15 is 0 Å². The van der Waals surface area contributed by atoms with Crippen molar-refractivity contribution < 1.29 is 4.74 Å². The summed E-state index contributed by atoms with van der Waals surface area (Å²) in [6.07, 6.45) is 4.25. The zero-order valence-corrected chi connectivity index (χ0v) is 7.73. The van der Waals surface area contributed by atoms with Gasteiger partial charge in [0.1, 0.15) is 5.82 Å². The summed E-state index contributed by atoms with van der Waals surface area (Å²) in [5.41, 5.74) is 0. The minimum atomic E-state index is 0.449. The Morgan fingerprint density at radius 2 is 2.15 bits per heavy atom.